The molecule has 0 radical (unpaired) electrons. The van der Waals surface area contributed by atoms with E-state index in [-0.39, 0.29) is 18.2 Å². The van der Waals surface area contributed by atoms with Crippen molar-refractivity contribution in [3.63, 3.8) is 0 Å². The number of likely N-dealkylation sites (tertiary alicyclic amines) is 1. The minimum atomic E-state index is -0.792. The van der Waals surface area contributed by atoms with Crippen LogP contribution < -0.4 is 5.73 Å². The van der Waals surface area contributed by atoms with Crippen molar-refractivity contribution in [3.8, 4) is 11.3 Å². The van der Waals surface area contributed by atoms with Crippen LogP contribution in [-0.4, -0.2) is 40.0 Å². The number of carboxylic acid groups (broad SMARTS) is 1. The lowest BCUT2D eigenvalue weighted by Gasteiger charge is -2.33. The Morgan fingerprint density at radius 1 is 1.23 bits per heavy atom. The van der Waals surface area contributed by atoms with E-state index in [0.29, 0.717) is 36.5 Å². The number of anilines is 1. The summed E-state index contributed by atoms with van der Waals surface area (Å²) in [4.78, 5) is 29.9. The molecule has 1 aromatic heterocycles. The molecule has 1 saturated heterocycles. The van der Waals surface area contributed by atoms with E-state index in [4.69, 9.17) is 10.8 Å². The van der Waals surface area contributed by atoms with Gasteiger partial charge in [0.1, 0.15) is 0 Å². The third-order valence-electron chi connectivity index (χ3n) is 4.84. The van der Waals surface area contributed by atoms with Crippen LogP contribution in [0.3, 0.4) is 0 Å². The standard InChI is InChI=1S/C20H23N3O3/c21-18-16(10-11-22-19(18)15-6-2-1-3-7-15)20(26)23-12-4-5-14(13-23)8-9-17(24)25/h1-3,6-7,10-11,14H,4-5,8-9,12-13,21H2,(H,24,25). The topological polar surface area (TPSA) is 96.5 Å². The average Bonchev–Trinajstić information content (AvgIpc) is 2.67. The molecule has 26 heavy (non-hydrogen) atoms. The molecule has 1 aliphatic rings. The fourth-order valence-corrected chi connectivity index (χ4v) is 3.47. The van der Waals surface area contributed by atoms with Gasteiger partial charge in [-0.1, -0.05) is 30.3 Å². The van der Waals surface area contributed by atoms with Crippen molar-refractivity contribution in [2.75, 3.05) is 18.8 Å². The fraction of sp³-hybridized carbons (Fsp3) is 0.350. The minimum Gasteiger partial charge on any atom is -0.481 e. The number of amides is 1. The molecule has 1 fully saturated rings. The molecule has 3 rings (SSSR count). The largest absolute Gasteiger partial charge is 0.481 e. The monoisotopic (exact) mass is 353 g/mol. The van der Waals surface area contributed by atoms with Crippen molar-refractivity contribution < 1.29 is 14.7 Å². The molecule has 1 amide bonds. The molecule has 0 aliphatic carbocycles. The number of pyridine rings is 1. The number of nitrogen functional groups attached to an aromatic ring is 1. The molecule has 1 atom stereocenters. The summed E-state index contributed by atoms with van der Waals surface area (Å²) in [6.07, 6.45) is 4.19. The van der Waals surface area contributed by atoms with E-state index in [1.807, 2.05) is 30.3 Å². The van der Waals surface area contributed by atoms with Gasteiger partial charge in [-0.05, 0) is 31.2 Å². The molecule has 1 aromatic carbocycles. The summed E-state index contributed by atoms with van der Waals surface area (Å²) in [5.41, 5.74) is 8.59. The van der Waals surface area contributed by atoms with Crippen LogP contribution in [0.15, 0.2) is 42.6 Å². The van der Waals surface area contributed by atoms with Crippen LogP contribution in [0.2, 0.25) is 0 Å². The highest BCUT2D eigenvalue weighted by Gasteiger charge is 2.26. The van der Waals surface area contributed by atoms with Crippen molar-refractivity contribution in [1.29, 1.82) is 0 Å². The van der Waals surface area contributed by atoms with E-state index in [0.717, 1.165) is 18.4 Å². The number of carbonyl (C=O) groups is 2. The van der Waals surface area contributed by atoms with Crippen molar-refractivity contribution in [1.82, 2.24) is 9.88 Å². The molecule has 2 heterocycles. The van der Waals surface area contributed by atoms with E-state index in [1.54, 1.807) is 17.2 Å². The van der Waals surface area contributed by atoms with Crippen molar-refractivity contribution in [3.05, 3.63) is 48.2 Å². The molecule has 1 aliphatic heterocycles. The molecule has 6 heteroatoms. The highest BCUT2D eigenvalue weighted by molar-refractivity contribution is 6.01. The van der Waals surface area contributed by atoms with Crippen LogP contribution in [0, 0.1) is 5.92 Å². The molecular weight excluding hydrogens is 330 g/mol. The Hall–Kier alpha value is -2.89. The number of hydrogen-bond acceptors (Lipinski definition) is 4. The number of benzene rings is 1. The van der Waals surface area contributed by atoms with Gasteiger partial charge in [-0.2, -0.15) is 0 Å². The predicted octanol–water partition coefficient (Wildman–Crippen LogP) is 3.05. The summed E-state index contributed by atoms with van der Waals surface area (Å²) in [5, 5.41) is 8.87. The molecule has 136 valence electrons. The zero-order valence-corrected chi connectivity index (χ0v) is 14.6. The van der Waals surface area contributed by atoms with Gasteiger partial charge < -0.3 is 15.7 Å². The van der Waals surface area contributed by atoms with Gasteiger partial charge in [0, 0.05) is 31.3 Å². The maximum absolute atomic E-state index is 13.0. The lowest BCUT2D eigenvalue weighted by molar-refractivity contribution is -0.137. The number of nitrogens with two attached hydrogens (primary N) is 1. The van der Waals surface area contributed by atoms with Gasteiger partial charge in [-0.25, -0.2) is 0 Å². The number of aromatic nitrogens is 1. The summed E-state index contributed by atoms with van der Waals surface area (Å²) < 4.78 is 0. The molecule has 0 spiro atoms. The zero-order valence-electron chi connectivity index (χ0n) is 14.6. The number of carbonyl (C=O) groups excluding carboxylic acids is 1. The Kier molecular flexibility index (Phi) is 5.51. The normalized spacial score (nSPS) is 17.1. The average molecular weight is 353 g/mol. The van der Waals surface area contributed by atoms with Gasteiger partial charge in [0.15, 0.2) is 0 Å². The van der Waals surface area contributed by atoms with Gasteiger partial charge in [-0.3, -0.25) is 14.6 Å². The Bertz CT molecular complexity index is 792. The van der Waals surface area contributed by atoms with E-state index in [1.165, 1.54) is 0 Å². The van der Waals surface area contributed by atoms with Crippen LogP contribution in [0.1, 0.15) is 36.0 Å². The van der Waals surface area contributed by atoms with Crippen molar-refractivity contribution >= 4 is 17.6 Å². The van der Waals surface area contributed by atoms with E-state index < -0.39 is 5.97 Å². The first-order valence-corrected chi connectivity index (χ1v) is 8.87. The molecule has 6 nitrogen and oxygen atoms in total. The van der Waals surface area contributed by atoms with Gasteiger partial charge in [-0.15, -0.1) is 0 Å². The Morgan fingerprint density at radius 3 is 2.73 bits per heavy atom. The molecular formula is C20H23N3O3. The van der Waals surface area contributed by atoms with E-state index >= 15 is 0 Å². The van der Waals surface area contributed by atoms with Crippen LogP contribution in [-0.2, 0) is 4.79 Å². The van der Waals surface area contributed by atoms with Crippen LogP contribution >= 0.6 is 0 Å². The second-order valence-corrected chi connectivity index (χ2v) is 6.68. The highest BCUT2D eigenvalue weighted by atomic mass is 16.4. The number of hydrogen-bond donors (Lipinski definition) is 2. The first-order chi connectivity index (χ1) is 12.6. The van der Waals surface area contributed by atoms with Gasteiger partial charge in [0.2, 0.25) is 0 Å². The van der Waals surface area contributed by atoms with Gasteiger partial charge >= 0.3 is 5.97 Å². The van der Waals surface area contributed by atoms with Gasteiger partial charge in [0.25, 0.3) is 5.91 Å². The quantitative estimate of drug-likeness (QED) is 0.861. The third kappa shape index (κ3) is 4.02. The summed E-state index contributed by atoms with van der Waals surface area (Å²) in [7, 11) is 0. The van der Waals surface area contributed by atoms with Crippen LogP contribution in [0.25, 0.3) is 11.3 Å². The zero-order chi connectivity index (χ0) is 18.5. The Labute approximate surface area is 152 Å². The molecule has 1 unspecified atom stereocenters. The first kappa shape index (κ1) is 17.9. The maximum atomic E-state index is 13.0. The Balaban J connectivity index is 1.78. The van der Waals surface area contributed by atoms with Crippen molar-refractivity contribution in [2.45, 2.75) is 25.7 Å². The molecule has 3 N–H and O–H groups in total. The molecule has 0 bridgehead atoms. The minimum absolute atomic E-state index is 0.109. The summed E-state index contributed by atoms with van der Waals surface area (Å²) >= 11 is 0. The Morgan fingerprint density at radius 2 is 2.00 bits per heavy atom. The van der Waals surface area contributed by atoms with Crippen LogP contribution in [0.4, 0.5) is 5.69 Å². The lowest BCUT2D eigenvalue weighted by Crippen LogP contribution is -2.40. The maximum Gasteiger partial charge on any atom is 0.303 e. The summed E-state index contributed by atoms with van der Waals surface area (Å²) in [5.74, 6) is -0.679. The third-order valence-corrected chi connectivity index (χ3v) is 4.84. The SMILES string of the molecule is Nc1c(C(=O)N2CCCC(CCC(=O)O)C2)ccnc1-c1ccccc1. The van der Waals surface area contributed by atoms with Crippen LogP contribution in [0.5, 0.6) is 0 Å². The van der Waals surface area contributed by atoms with E-state index in [2.05, 4.69) is 4.98 Å². The highest BCUT2D eigenvalue weighted by Crippen LogP contribution is 2.28. The number of rotatable bonds is 5. The smallest absolute Gasteiger partial charge is 0.303 e. The second-order valence-electron chi connectivity index (χ2n) is 6.68. The number of aliphatic carboxylic acids is 1. The van der Waals surface area contributed by atoms with Gasteiger partial charge in [0.05, 0.1) is 16.9 Å². The number of nitrogens with zero attached hydrogens (tertiary/aromatic N) is 2. The van der Waals surface area contributed by atoms with E-state index in [9.17, 15) is 9.59 Å². The lowest BCUT2D eigenvalue weighted by atomic mass is 9.93. The first-order valence-electron chi connectivity index (χ1n) is 8.87. The summed E-state index contributed by atoms with van der Waals surface area (Å²) in [6, 6.07) is 11.2. The molecule has 2 aromatic rings. The second kappa shape index (κ2) is 7.99. The number of piperidine rings is 1. The van der Waals surface area contributed by atoms with Crippen molar-refractivity contribution in [2.24, 2.45) is 5.92 Å². The predicted molar refractivity (Wildman–Crippen MR) is 99.6 cm³/mol. The fourth-order valence-electron chi connectivity index (χ4n) is 3.47. The number of carboxylic acids is 1. The molecule has 0 saturated carbocycles. The summed E-state index contributed by atoms with van der Waals surface area (Å²) in [6.45, 7) is 1.25.